The van der Waals surface area contributed by atoms with Crippen molar-refractivity contribution >= 4 is 5.91 Å². The summed E-state index contributed by atoms with van der Waals surface area (Å²) in [6.07, 6.45) is -1.84. The van der Waals surface area contributed by atoms with E-state index < -0.39 is 29.7 Å². The van der Waals surface area contributed by atoms with Gasteiger partial charge in [-0.3, -0.25) is 9.69 Å². The molecule has 30 heavy (non-hydrogen) atoms. The zero-order valence-corrected chi connectivity index (χ0v) is 17.2. The molecule has 2 fully saturated rings. The van der Waals surface area contributed by atoms with Crippen LogP contribution >= 0.6 is 0 Å². The molecule has 3 rings (SSSR count). The highest BCUT2D eigenvalue weighted by molar-refractivity contribution is 5.80. The molecule has 2 saturated carbocycles. The van der Waals surface area contributed by atoms with E-state index in [1.807, 2.05) is 19.9 Å². The van der Waals surface area contributed by atoms with Gasteiger partial charge in [-0.15, -0.1) is 0 Å². The molecule has 0 unspecified atom stereocenters. The van der Waals surface area contributed by atoms with Gasteiger partial charge in [0.15, 0.2) is 0 Å². The van der Waals surface area contributed by atoms with Crippen LogP contribution in [0.3, 0.4) is 0 Å². The lowest BCUT2D eigenvalue weighted by Gasteiger charge is -2.41. The van der Waals surface area contributed by atoms with Gasteiger partial charge in [-0.1, -0.05) is 37.8 Å². The Bertz CT molecular complexity index is 881. The number of nitrogens with two attached hydrogens (primary N) is 1. The monoisotopic (exact) mass is 417 g/mol. The van der Waals surface area contributed by atoms with Crippen LogP contribution in [0, 0.1) is 35.0 Å². The predicted molar refractivity (Wildman–Crippen MR) is 107 cm³/mol. The molecule has 0 radical (unpaired) electrons. The summed E-state index contributed by atoms with van der Waals surface area (Å²) in [6, 6.07) is 4.66. The quantitative estimate of drug-likeness (QED) is 0.672. The summed E-state index contributed by atoms with van der Waals surface area (Å²) < 4.78 is 43.0. The van der Waals surface area contributed by atoms with Crippen LogP contribution in [0.25, 0.3) is 0 Å². The Labute approximate surface area is 175 Å². The topological polar surface area (TPSA) is 70.1 Å². The Balaban J connectivity index is 2.03. The van der Waals surface area contributed by atoms with Crippen molar-refractivity contribution in [3.05, 3.63) is 35.4 Å². The van der Waals surface area contributed by atoms with Gasteiger partial charge in [0.25, 0.3) is 0 Å². The first-order valence-electron chi connectivity index (χ1n) is 10.2. The maximum Gasteiger partial charge on any atom is 0.408 e. The average Bonchev–Trinajstić information content (AvgIpc) is 3.57. The van der Waals surface area contributed by atoms with Crippen LogP contribution in [0.2, 0.25) is 0 Å². The van der Waals surface area contributed by atoms with Crippen molar-refractivity contribution in [3.63, 3.8) is 0 Å². The van der Waals surface area contributed by atoms with Crippen molar-refractivity contribution in [3.8, 4) is 17.9 Å². The Morgan fingerprint density at radius 1 is 1.27 bits per heavy atom. The van der Waals surface area contributed by atoms with Crippen LogP contribution in [0.5, 0.6) is 0 Å². The lowest BCUT2D eigenvalue weighted by Crippen LogP contribution is -2.56. The number of hydrogen-bond donors (Lipinski definition) is 1. The van der Waals surface area contributed by atoms with E-state index in [1.165, 1.54) is 12.1 Å². The molecular formula is C23H26F3N3O. The summed E-state index contributed by atoms with van der Waals surface area (Å²) in [5.74, 6) is 5.56. The van der Waals surface area contributed by atoms with Crippen LogP contribution in [-0.4, -0.2) is 28.6 Å². The minimum Gasteiger partial charge on any atom is -0.368 e. The van der Waals surface area contributed by atoms with Gasteiger partial charge in [0.2, 0.25) is 5.91 Å². The number of halogens is 3. The number of carbonyl (C=O) groups excluding carboxylic acids is 1. The molecule has 1 aromatic carbocycles. The van der Waals surface area contributed by atoms with Gasteiger partial charge in [0, 0.05) is 11.5 Å². The zero-order valence-electron chi connectivity index (χ0n) is 17.2. The Morgan fingerprint density at radius 2 is 1.87 bits per heavy atom. The van der Waals surface area contributed by atoms with Crippen LogP contribution in [0.1, 0.15) is 63.1 Å². The maximum atomic E-state index is 14.3. The smallest absolute Gasteiger partial charge is 0.368 e. The Kier molecular flexibility index (Phi) is 6.15. The first-order chi connectivity index (χ1) is 14.1. The zero-order chi connectivity index (χ0) is 22.1. The molecule has 0 saturated heterocycles. The molecule has 2 aliphatic carbocycles. The summed E-state index contributed by atoms with van der Waals surface area (Å²) in [7, 11) is 0. The van der Waals surface area contributed by atoms with Gasteiger partial charge < -0.3 is 5.73 Å². The van der Waals surface area contributed by atoms with Crippen LogP contribution < -0.4 is 5.73 Å². The molecule has 0 spiro atoms. The van der Waals surface area contributed by atoms with E-state index in [0.29, 0.717) is 11.5 Å². The summed E-state index contributed by atoms with van der Waals surface area (Å²) in [4.78, 5) is 13.3. The number of primary amides is 1. The standard InChI is InChI=1S/C23H26F3N3O/c1-15(2)13-19(21(28)30)29(22(14-27)11-12-22)20(23(24,25)26)18-9-7-17(8-10-18)6-5-16-3-4-16/h7-10,15-16,19-20H,3-4,11-13H2,1-2H3,(H2,28,30)/t19-,20-/m0/s1. The molecule has 1 aromatic rings. The van der Waals surface area contributed by atoms with Crippen molar-refractivity contribution in [2.75, 3.05) is 0 Å². The minimum atomic E-state index is -4.68. The van der Waals surface area contributed by atoms with E-state index in [0.717, 1.165) is 17.7 Å². The Hall–Kier alpha value is -2.51. The van der Waals surface area contributed by atoms with Gasteiger partial charge >= 0.3 is 6.18 Å². The highest BCUT2D eigenvalue weighted by Gasteiger charge is 2.60. The molecule has 0 aromatic heterocycles. The molecule has 160 valence electrons. The molecule has 7 heteroatoms. The van der Waals surface area contributed by atoms with Crippen molar-refractivity contribution < 1.29 is 18.0 Å². The van der Waals surface area contributed by atoms with Gasteiger partial charge in [0.1, 0.15) is 11.6 Å². The molecular weight excluding hydrogens is 391 g/mol. The average molecular weight is 417 g/mol. The molecule has 0 aliphatic heterocycles. The van der Waals surface area contributed by atoms with E-state index in [1.54, 1.807) is 12.1 Å². The molecule has 2 N–H and O–H groups in total. The largest absolute Gasteiger partial charge is 0.408 e. The molecule has 2 atom stereocenters. The molecule has 0 bridgehead atoms. The van der Waals surface area contributed by atoms with Crippen molar-refractivity contribution in [2.45, 2.75) is 69.8 Å². The lowest BCUT2D eigenvalue weighted by atomic mass is 9.93. The number of alkyl halides is 3. The van der Waals surface area contributed by atoms with Gasteiger partial charge in [0.05, 0.1) is 12.1 Å². The highest BCUT2D eigenvalue weighted by atomic mass is 19.4. The third-order valence-electron chi connectivity index (χ3n) is 5.60. The summed E-state index contributed by atoms with van der Waals surface area (Å²) >= 11 is 0. The summed E-state index contributed by atoms with van der Waals surface area (Å²) in [5.41, 5.74) is 4.84. The SMILES string of the molecule is CC(C)C[C@@H](C(N)=O)N([C@@H](c1ccc(C#CC2CC2)cc1)C(F)(F)F)C1(C#N)CC1. The maximum absolute atomic E-state index is 14.3. The van der Waals surface area contributed by atoms with Crippen molar-refractivity contribution in [1.82, 2.24) is 4.90 Å². The van der Waals surface area contributed by atoms with Crippen molar-refractivity contribution in [1.29, 1.82) is 5.26 Å². The molecule has 0 heterocycles. The normalized spacial score (nSPS) is 19.5. The highest BCUT2D eigenvalue weighted by Crippen LogP contribution is 2.51. The second-order valence-electron chi connectivity index (χ2n) is 8.71. The third-order valence-corrected chi connectivity index (χ3v) is 5.60. The second-order valence-corrected chi connectivity index (χ2v) is 8.71. The first kappa shape index (κ1) is 22.2. The molecule has 1 amide bonds. The van der Waals surface area contributed by atoms with Crippen LogP contribution in [0.15, 0.2) is 24.3 Å². The van der Waals surface area contributed by atoms with Crippen molar-refractivity contribution in [2.24, 2.45) is 17.6 Å². The minimum absolute atomic E-state index is 0.0176. The number of amides is 1. The fourth-order valence-corrected chi connectivity index (χ4v) is 3.75. The second kappa shape index (κ2) is 8.32. The van der Waals surface area contributed by atoms with E-state index in [-0.39, 0.29) is 30.7 Å². The number of nitrogens with zero attached hydrogens (tertiary/aromatic N) is 2. The van der Waals surface area contributed by atoms with E-state index in [9.17, 15) is 23.2 Å². The lowest BCUT2D eigenvalue weighted by molar-refractivity contribution is -0.200. The fraction of sp³-hybridized carbons (Fsp3) is 0.565. The predicted octanol–water partition coefficient (Wildman–Crippen LogP) is 4.31. The first-order valence-corrected chi connectivity index (χ1v) is 10.2. The summed E-state index contributed by atoms with van der Waals surface area (Å²) in [5, 5.41) is 9.70. The van der Waals surface area contributed by atoms with Gasteiger partial charge in [-0.25, -0.2) is 0 Å². The van der Waals surface area contributed by atoms with Crippen LogP contribution in [0.4, 0.5) is 13.2 Å². The Morgan fingerprint density at radius 3 is 2.27 bits per heavy atom. The van der Waals surface area contributed by atoms with E-state index in [2.05, 4.69) is 11.8 Å². The third kappa shape index (κ3) is 4.96. The van der Waals surface area contributed by atoms with Crippen LogP contribution in [-0.2, 0) is 4.79 Å². The number of carbonyl (C=O) groups is 1. The van der Waals surface area contributed by atoms with Gasteiger partial charge in [-0.2, -0.15) is 18.4 Å². The number of rotatable bonds is 7. The fourth-order valence-electron chi connectivity index (χ4n) is 3.75. The number of hydrogen-bond acceptors (Lipinski definition) is 3. The van der Waals surface area contributed by atoms with E-state index in [4.69, 9.17) is 5.73 Å². The molecule has 2 aliphatic rings. The number of nitriles is 1. The molecule has 4 nitrogen and oxygen atoms in total. The number of benzene rings is 1. The van der Waals surface area contributed by atoms with E-state index >= 15 is 0 Å². The van der Waals surface area contributed by atoms with Gasteiger partial charge in [-0.05, 0) is 55.7 Å². The summed E-state index contributed by atoms with van der Waals surface area (Å²) in [6.45, 7) is 3.63.